The minimum Gasteiger partial charge on any atom is -0.454 e. The third-order valence-electron chi connectivity index (χ3n) is 3.99. The standard InChI is InChI=1S/C19H21F2N3O3/c1-22-19(23-8-7-13-5-3-2-4-6-13)24-11-14-9-16-17(26-12-25-16)10-15(14)27-18(20)21/h2-6,9-10,18H,7-8,11-12H2,1H3,(H2,22,23,24). The number of ether oxygens (including phenoxy) is 3. The second kappa shape index (κ2) is 9.07. The predicted octanol–water partition coefficient (Wildman–Crippen LogP) is 2.92. The number of alkyl halides is 2. The van der Waals surface area contributed by atoms with Crippen molar-refractivity contribution in [2.24, 2.45) is 4.99 Å². The third-order valence-corrected chi connectivity index (χ3v) is 3.99. The molecule has 0 aromatic heterocycles. The molecule has 2 N–H and O–H groups in total. The highest BCUT2D eigenvalue weighted by Crippen LogP contribution is 2.38. The topological polar surface area (TPSA) is 64.1 Å². The lowest BCUT2D eigenvalue weighted by molar-refractivity contribution is -0.0505. The number of hydrogen-bond donors (Lipinski definition) is 2. The molecule has 0 saturated carbocycles. The van der Waals surface area contributed by atoms with Gasteiger partial charge in [0.1, 0.15) is 5.75 Å². The van der Waals surface area contributed by atoms with Gasteiger partial charge < -0.3 is 24.8 Å². The van der Waals surface area contributed by atoms with Gasteiger partial charge in [-0.05, 0) is 18.1 Å². The van der Waals surface area contributed by atoms with Gasteiger partial charge in [-0.2, -0.15) is 8.78 Å². The normalized spacial score (nSPS) is 13.0. The lowest BCUT2D eigenvalue weighted by Gasteiger charge is -2.15. The first-order chi connectivity index (χ1) is 13.2. The summed E-state index contributed by atoms with van der Waals surface area (Å²) in [6.45, 7) is -1.94. The SMILES string of the molecule is CN=C(NCCc1ccccc1)NCc1cc2c(cc1OC(F)F)OCO2. The van der Waals surface area contributed by atoms with Crippen molar-refractivity contribution >= 4 is 5.96 Å². The zero-order chi connectivity index (χ0) is 19.1. The Hall–Kier alpha value is -3.03. The summed E-state index contributed by atoms with van der Waals surface area (Å²) in [5.41, 5.74) is 1.73. The van der Waals surface area contributed by atoms with E-state index in [1.165, 1.54) is 11.6 Å². The summed E-state index contributed by atoms with van der Waals surface area (Å²) in [6.07, 6.45) is 0.839. The number of guanidine groups is 1. The largest absolute Gasteiger partial charge is 0.454 e. The fourth-order valence-electron chi connectivity index (χ4n) is 2.68. The molecule has 2 aromatic rings. The highest BCUT2D eigenvalue weighted by molar-refractivity contribution is 5.79. The van der Waals surface area contributed by atoms with Gasteiger partial charge in [-0.1, -0.05) is 30.3 Å². The van der Waals surface area contributed by atoms with Crippen LogP contribution in [-0.2, 0) is 13.0 Å². The van der Waals surface area contributed by atoms with E-state index in [2.05, 4.69) is 32.5 Å². The molecule has 0 bridgehead atoms. The molecule has 0 radical (unpaired) electrons. The number of nitrogens with one attached hydrogen (secondary N) is 2. The van der Waals surface area contributed by atoms with Crippen molar-refractivity contribution in [2.45, 2.75) is 19.6 Å². The number of aliphatic imine (C=N–C) groups is 1. The molecular formula is C19H21F2N3O3. The first kappa shape index (κ1) is 18.8. The zero-order valence-corrected chi connectivity index (χ0v) is 14.9. The van der Waals surface area contributed by atoms with Crippen LogP contribution in [0.2, 0.25) is 0 Å². The molecule has 8 heteroatoms. The molecule has 1 aliphatic rings. The van der Waals surface area contributed by atoms with Gasteiger partial charge in [-0.25, -0.2) is 0 Å². The van der Waals surface area contributed by atoms with Gasteiger partial charge in [-0.3, -0.25) is 4.99 Å². The van der Waals surface area contributed by atoms with Gasteiger partial charge in [-0.15, -0.1) is 0 Å². The van der Waals surface area contributed by atoms with Gasteiger partial charge in [0.25, 0.3) is 0 Å². The summed E-state index contributed by atoms with van der Waals surface area (Å²) in [5, 5.41) is 6.29. The zero-order valence-electron chi connectivity index (χ0n) is 14.9. The van der Waals surface area contributed by atoms with Crippen molar-refractivity contribution in [3.05, 3.63) is 53.6 Å². The molecule has 144 valence electrons. The molecule has 27 heavy (non-hydrogen) atoms. The molecule has 0 fully saturated rings. The predicted molar refractivity (Wildman–Crippen MR) is 97.5 cm³/mol. The van der Waals surface area contributed by atoms with Crippen LogP contribution in [0.3, 0.4) is 0 Å². The number of nitrogens with zero attached hydrogens (tertiary/aromatic N) is 1. The lowest BCUT2D eigenvalue weighted by atomic mass is 10.1. The van der Waals surface area contributed by atoms with E-state index in [0.717, 1.165) is 6.42 Å². The van der Waals surface area contributed by atoms with E-state index in [0.29, 0.717) is 29.6 Å². The van der Waals surface area contributed by atoms with Crippen LogP contribution >= 0.6 is 0 Å². The van der Waals surface area contributed by atoms with Crippen LogP contribution in [0.15, 0.2) is 47.5 Å². The van der Waals surface area contributed by atoms with Crippen LogP contribution in [0.1, 0.15) is 11.1 Å². The fourth-order valence-corrected chi connectivity index (χ4v) is 2.68. The molecule has 3 rings (SSSR count). The lowest BCUT2D eigenvalue weighted by Crippen LogP contribution is -2.38. The average molecular weight is 377 g/mol. The molecular weight excluding hydrogens is 356 g/mol. The quantitative estimate of drug-likeness (QED) is 0.574. The van der Waals surface area contributed by atoms with Crippen molar-refractivity contribution in [1.82, 2.24) is 10.6 Å². The summed E-state index contributed by atoms with van der Waals surface area (Å²) < 4.78 is 40.5. The smallest absolute Gasteiger partial charge is 0.387 e. The third kappa shape index (κ3) is 5.22. The van der Waals surface area contributed by atoms with E-state index in [1.807, 2.05) is 18.2 Å². The number of halogens is 2. The Morgan fingerprint density at radius 2 is 1.89 bits per heavy atom. The highest BCUT2D eigenvalue weighted by Gasteiger charge is 2.20. The number of benzene rings is 2. The van der Waals surface area contributed by atoms with Gasteiger partial charge in [0.2, 0.25) is 6.79 Å². The van der Waals surface area contributed by atoms with Gasteiger partial charge >= 0.3 is 6.61 Å². The van der Waals surface area contributed by atoms with Gasteiger partial charge in [0.15, 0.2) is 17.5 Å². The minimum atomic E-state index is -2.92. The van der Waals surface area contributed by atoms with Crippen LogP contribution in [-0.4, -0.2) is 33.0 Å². The van der Waals surface area contributed by atoms with Crippen LogP contribution < -0.4 is 24.8 Å². The maximum absolute atomic E-state index is 12.7. The van der Waals surface area contributed by atoms with Crippen molar-refractivity contribution < 1.29 is 23.0 Å². The van der Waals surface area contributed by atoms with E-state index >= 15 is 0 Å². The second-order valence-electron chi connectivity index (χ2n) is 5.78. The monoisotopic (exact) mass is 377 g/mol. The van der Waals surface area contributed by atoms with Crippen LogP contribution in [0.4, 0.5) is 8.78 Å². The van der Waals surface area contributed by atoms with Crippen molar-refractivity contribution in [3.63, 3.8) is 0 Å². The number of hydrogen-bond acceptors (Lipinski definition) is 4. The first-order valence-electron chi connectivity index (χ1n) is 8.51. The van der Waals surface area contributed by atoms with E-state index in [-0.39, 0.29) is 19.1 Å². The Morgan fingerprint density at radius 1 is 1.15 bits per heavy atom. The molecule has 0 aliphatic carbocycles. The fraction of sp³-hybridized carbons (Fsp3) is 0.316. The highest BCUT2D eigenvalue weighted by atomic mass is 19.3. The van der Waals surface area contributed by atoms with Crippen molar-refractivity contribution in [1.29, 1.82) is 0 Å². The van der Waals surface area contributed by atoms with E-state index in [9.17, 15) is 8.78 Å². The Bertz CT molecular complexity index is 785. The van der Waals surface area contributed by atoms with E-state index < -0.39 is 6.61 Å². The molecule has 0 amide bonds. The summed E-state index contributed by atoms with van der Waals surface area (Å²) in [4.78, 5) is 4.15. The molecule has 1 heterocycles. The summed E-state index contributed by atoms with van der Waals surface area (Å²) in [7, 11) is 1.65. The van der Waals surface area contributed by atoms with Crippen molar-refractivity contribution in [3.8, 4) is 17.2 Å². The first-order valence-corrected chi connectivity index (χ1v) is 8.51. The Morgan fingerprint density at radius 3 is 2.59 bits per heavy atom. The van der Waals surface area contributed by atoms with E-state index in [4.69, 9.17) is 9.47 Å². The van der Waals surface area contributed by atoms with Crippen LogP contribution in [0.5, 0.6) is 17.2 Å². The Kier molecular flexibility index (Phi) is 6.30. The second-order valence-corrected chi connectivity index (χ2v) is 5.78. The van der Waals surface area contributed by atoms with Gasteiger partial charge in [0.05, 0.1) is 0 Å². The Balaban J connectivity index is 1.59. The van der Waals surface area contributed by atoms with Gasteiger partial charge in [0, 0.05) is 31.8 Å². The number of fused-ring (bicyclic) bond motifs is 1. The average Bonchev–Trinajstić information content (AvgIpc) is 3.12. The van der Waals surface area contributed by atoms with Crippen LogP contribution in [0.25, 0.3) is 0 Å². The molecule has 0 atom stereocenters. The molecule has 2 aromatic carbocycles. The van der Waals surface area contributed by atoms with Crippen LogP contribution in [0, 0.1) is 0 Å². The summed E-state index contributed by atoms with van der Waals surface area (Å²) in [6, 6.07) is 13.1. The van der Waals surface area contributed by atoms with E-state index in [1.54, 1.807) is 13.1 Å². The molecule has 0 spiro atoms. The molecule has 1 aliphatic heterocycles. The number of rotatable bonds is 7. The maximum Gasteiger partial charge on any atom is 0.387 e. The van der Waals surface area contributed by atoms with Crippen molar-refractivity contribution in [2.75, 3.05) is 20.4 Å². The summed E-state index contributed by atoms with van der Waals surface area (Å²) in [5.74, 6) is 1.49. The minimum absolute atomic E-state index is 0.0430. The summed E-state index contributed by atoms with van der Waals surface area (Å²) >= 11 is 0. The molecule has 0 unspecified atom stereocenters. The maximum atomic E-state index is 12.7. The molecule has 0 saturated heterocycles. The molecule has 6 nitrogen and oxygen atoms in total. The Labute approximate surface area is 156 Å².